The van der Waals surface area contributed by atoms with Gasteiger partial charge in [0.25, 0.3) is 5.91 Å². The number of amides is 1. The fraction of sp³-hybridized carbons (Fsp3) is 0.208. The Morgan fingerprint density at radius 1 is 1.23 bits per heavy atom. The summed E-state index contributed by atoms with van der Waals surface area (Å²) in [5.41, 5.74) is 3.72. The molecule has 2 aromatic heterocycles. The van der Waals surface area contributed by atoms with E-state index in [1.807, 2.05) is 13.0 Å². The maximum Gasteiger partial charge on any atom is 0.257 e. The summed E-state index contributed by atoms with van der Waals surface area (Å²) in [6, 6.07) is 14.2. The van der Waals surface area contributed by atoms with Crippen molar-refractivity contribution in [3.8, 4) is 22.6 Å². The zero-order chi connectivity index (χ0) is 20.5. The van der Waals surface area contributed by atoms with Crippen molar-refractivity contribution >= 4 is 27.3 Å². The third kappa shape index (κ3) is 3.33. The third-order valence-electron chi connectivity index (χ3n) is 5.25. The molecule has 0 atom stereocenters. The SMILES string of the molecule is CCOc1cc(-c2csc3ccccc23)cc2c1OCCN(C(=O)c1ccoc1)C2. The Labute approximate surface area is 178 Å². The van der Waals surface area contributed by atoms with Gasteiger partial charge < -0.3 is 18.8 Å². The lowest BCUT2D eigenvalue weighted by molar-refractivity contribution is 0.0732. The molecule has 3 heterocycles. The van der Waals surface area contributed by atoms with Crippen molar-refractivity contribution in [2.24, 2.45) is 0 Å². The van der Waals surface area contributed by atoms with Crippen LogP contribution in [0.3, 0.4) is 0 Å². The standard InChI is InChI=1S/C24H21NO4S/c1-2-28-21-12-17(20-15-30-22-6-4-3-5-19(20)22)11-18-13-25(8-10-29-23(18)21)24(26)16-7-9-27-14-16/h3-7,9,11-12,14-15H,2,8,10,13H2,1H3. The summed E-state index contributed by atoms with van der Waals surface area (Å²) in [7, 11) is 0. The summed E-state index contributed by atoms with van der Waals surface area (Å²) in [6.45, 7) is 3.87. The van der Waals surface area contributed by atoms with Gasteiger partial charge in [-0.25, -0.2) is 0 Å². The molecule has 0 aliphatic carbocycles. The second-order valence-corrected chi connectivity index (χ2v) is 8.04. The van der Waals surface area contributed by atoms with Crippen LogP contribution in [0.1, 0.15) is 22.8 Å². The largest absolute Gasteiger partial charge is 0.490 e. The van der Waals surface area contributed by atoms with Crippen molar-refractivity contribution in [3.63, 3.8) is 0 Å². The Hall–Kier alpha value is -3.25. The van der Waals surface area contributed by atoms with Gasteiger partial charge in [-0.05, 0) is 42.1 Å². The fourth-order valence-electron chi connectivity index (χ4n) is 3.85. The van der Waals surface area contributed by atoms with Gasteiger partial charge in [0.15, 0.2) is 11.5 Å². The second kappa shape index (κ2) is 7.88. The lowest BCUT2D eigenvalue weighted by Gasteiger charge is -2.19. The Morgan fingerprint density at radius 2 is 2.13 bits per heavy atom. The number of ether oxygens (including phenoxy) is 2. The average Bonchev–Trinajstić information content (AvgIpc) is 3.39. The minimum Gasteiger partial charge on any atom is -0.490 e. The number of hydrogen-bond donors (Lipinski definition) is 0. The molecule has 0 unspecified atom stereocenters. The highest BCUT2D eigenvalue weighted by molar-refractivity contribution is 7.17. The molecular weight excluding hydrogens is 398 g/mol. The molecule has 1 aliphatic heterocycles. The molecule has 0 radical (unpaired) electrons. The number of hydrogen-bond acceptors (Lipinski definition) is 5. The van der Waals surface area contributed by atoms with E-state index in [1.54, 1.807) is 22.3 Å². The molecular formula is C24H21NO4S. The highest BCUT2D eigenvalue weighted by Crippen LogP contribution is 2.41. The highest BCUT2D eigenvalue weighted by atomic mass is 32.1. The molecule has 4 aromatic rings. The average molecular weight is 420 g/mol. The number of rotatable bonds is 4. The second-order valence-electron chi connectivity index (χ2n) is 7.13. The van der Waals surface area contributed by atoms with Crippen molar-refractivity contribution in [1.29, 1.82) is 0 Å². The van der Waals surface area contributed by atoms with Crippen LogP contribution in [-0.4, -0.2) is 30.6 Å². The van der Waals surface area contributed by atoms with Crippen LogP contribution in [0.25, 0.3) is 21.2 Å². The first-order chi connectivity index (χ1) is 14.7. The lowest BCUT2D eigenvalue weighted by atomic mass is 10.0. The first kappa shape index (κ1) is 18.8. The zero-order valence-electron chi connectivity index (χ0n) is 16.6. The Morgan fingerprint density at radius 3 is 2.97 bits per heavy atom. The van der Waals surface area contributed by atoms with Crippen LogP contribution in [0.4, 0.5) is 0 Å². The molecule has 0 saturated carbocycles. The molecule has 2 aromatic carbocycles. The highest BCUT2D eigenvalue weighted by Gasteiger charge is 2.25. The number of carbonyl (C=O) groups excluding carboxylic acids is 1. The summed E-state index contributed by atoms with van der Waals surface area (Å²) in [5.74, 6) is 1.38. The topological polar surface area (TPSA) is 51.9 Å². The Balaban J connectivity index is 1.59. The summed E-state index contributed by atoms with van der Waals surface area (Å²) < 4.78 is 18.3. The van der Waals surface area contributed by atoms with Crippen LogP contribution < -0.4 is 9.47 Å². The van der Waals surface area contributed by atoms with Crippen molar-refractivity contribution in [1.82, 2.24) is 4.90 Å². The van der Waals surface area contributed by atoms with E-state index < -0.39 is 0 Å². The van der Waals surface area contributed by atoms with E-state index in [4.69, 9.17) is 13.9 Å². The van der Waals surface area contributed by atoms with Gasteiger partial charge in [-0.2, -0.15) is 0 Å². The van der Waals surface area contributed by atoms with Gasteiger partial charge in [0.1, 0.15) is 12.9 Å². The van der Waals surface area contributed by atoms with E-state index in [0.29, 0.717) is 31.9 Å². The van der Waals surface area contributed by atoms with Crippen molar-refractivity contribution in [3.05, 3.63) is 71.5 Å². The van der Waals surface area contributed by atoms with Crippen molar-refractivity contribution in [2.45, 2.75) is 13.5 Å². The van der Waals surface area contributed by atoms with Crippen molar-refractivity contribution in [2.75, 3.05) is 19.8 Å². The molecule has 1 amide bonds. The van der Waals surface area contributed by atoms with Crippen LogP contribution in [0.5, 0.6) is 11.5 Å². The Kier molecular flexibility index (Phi) is 4.93. The normalized spacial score (nSPS) is 13.6. The molecule has 5 rings (SSSR count). The molecule has 6 heteroatoms. The van der Waals surface area contributed by atoms with E-state index in [-0.39, 0.29) is 5.91 Å². The minimum atomic E-state index is -0.0652. The Bertz CT molecular complexity index is 1200. The van der Waals surface area contributed by atoms with E-state index in [9.17, 15) is 4.79 Å². The molecule has 0 bridgehead atoms. The minimum absolute atomic E-state index is 0.0652. The van der Waals surface area contributed by atoms with Gasteiger partial charge in [0.05, 0.1) is 25.0 Å². The molecule has 1 aliphatic rings. The molecule has 0 N–H and O–H groups in total. The quantitative estimate of drug-likeness (QED) is 0.432. The first-order valence-electron chi connectivity index (χ1n) is 9.95. The molecule has 0 fully saturated rings. The fourth-order valence-corrected chi connectivity index (χ4v) is 4.82. The maximum absolute atomic E-state index is 12.9. The number of fused-ring (bicyclic) bond motifs is 2. The monoisotopic (exact) mass is 419 g/mol. The van der Waals surface area contributed by atoms with Gasteiger partial charge in [0, 0.05) is 27.8 Å². The van der Waals surface area contributed by atoms with Gasteiger partial charge in [-0.3, -0.25) is 4.79 Å². The number of benzene rings is 2. The molecule has 152 valence electrons. The number of carbonyl (C=O) groups is 1. The molecule has 5 nitrogen and oxygen atoms in total. The lowest BCUT2D eigenvalue weighted by Crippen LogP contribution is -2.32. The number of nitrogens with zero attached hydrogens (tertiary/aromatic N) is 1. The van der Waals surface area contributed by atoms with Gasteiger partial charge in [-0.15, -0.1) is 11.3 Å². The summed E-state index contributed by atoms with van der Waals surface area (Å²) in [4.78, 5) is 14.7. The summed E-state index contributed by atoms with van der Waals surface area (Å²) in [6.07, 6.45) is 3.00. The van der Waals surface area contributed by atoms with Crippen LogP contribution in [0.2, 0.25) is 0 Å². The van der Waals surface area contributed by atoms with Crippen LogP contribution in [0.15, 0.2) is 64.8 Å². The summed E-state index contributed by atoms with van der Waals surface area (Å²) in [5, 5.41) is 3.39. The molecule has 0 saturated heterocycles. The molecule has 30 heavy (non-hydrogen) atoms. The van der Waals surface area contributed by atoms with Gasteiger partial charge >= 0.3 is 0 Å². The molecule has 0 spiro atoms. The summed E-state index contributed by atoms with van der Waals surface area (Å²) >= 11 is 1.73. The van der Waals surface area contributed by atoms with E-state index >= 15 is 0 Å². The third-order valence-corrected chi connectivity index (χ3v) is 6.21. The van der Waals surface area contributed by atoms with Gasteiger partial charge in [-0.1, -0.05) is 18.2 Å². The zero-order valence-corrected chi connectivity index (χ0v) is 17.4. The maximum atomic E-state index is 12.9. The van der Waals surface area contributed by atoms with E-state index in [2.05, 4.69) is 35.7 Å². The number of thiophene rings is 1. The van der Waals surface area contributed by atoms with Gasteiger partial charge in [0.2, 0.25) is 0 Å². The van der Waals surface area contributed by atoms with Crippen LogP contribution in [0, 0.1) is 0 Å². The van der Waals surface area contributed by atoms with E-state index in [1.165, 1.54) is 22.6 Å². The first-order valence-corrected chi connectivity index (χ1v) is 10.8. The predicted octanol–water partition coefficient (Wildman–Crippen LogP) is 5.59. The van der Waals surface area contributed by atoms with Crippen LogP contribution in [-0.2, 0) is 6.54 Å². The number of furan rings is 1. The van der Waals surface area contributed by atoms with Crippen LogP contribution >= 0.6 is 11.3 Å². The predicted molar refractivity (Wildman–Crippen MR) is 117 cm³/mol. The smallest absolute Gasteiger partial charge is 0.257 e. The van der Waals surface area contributed by atoms with E-state index in [0.717, 1.165) is 28.2 Å². The van der Waals surface area contributed by atoms with Crippen molar-refractivity contribution < 1.29 is 18.7 Å².